The Kier molecular flexibility index (Phi) is 6.29. The summed E-state index contributed by atoms with van der Waals surface area (Å²) in [6.07, 6.45) is 1.28. The van der Waals surface area contributed by atoms with Gasteiger partial charge in [-0.3, -0.25) is 25.2 Å². The normalized spacial score (nSPS) is 15.2. The first-order chi connectivity index (χ1) is 17.0. The zero-order valence-corrected chi connectivity index (χ0v) is 20.0. The zero-order valence-electron chi connectivity index (χ0n) is 19.2. The van der Waals surface area contributed by atoms with E-state index in [-0.39, 0.29) is 5.91 Å². The highest BCUT2D eigenvalue weighted by molar-refractivity contribution is 7.12. The van der Waals surface area contributed by atoms with Crippen LogP contribution in [-0.2, 0) is 4.79 Å². The molecule has 7 nitrogen and oxygen atoms in total. The van der Waals surface area contributed by atoms with E-state index in [9.17, 15) is 14.4 Å². The molecule has 3 heterocycles. The van der Waals surface area contributed by atoms with Crippen LogP contribution in [-0.4, -0.2) is 40.2 Å². The Balaban J connectivity index is 1.35. The van der Waals surface area contributed by atoms with E-state index in [0.29, 0.717) is 40.0 Å². The van der Waals surface area contributed by atoms with Gasteiger partial charge in [0.1, 0.15) is 6.04 Å². The van der Waals surface area contributed by atoms with Crippen LogP contribution in [0.1, 0.15) is 38.4 Å². The van der Waals surface area contributed by atoms with E-state index in [1.54, 1.807) is 17.0 Å². The smallest absolute Gasteiger partial charge is 0.270 e. The molecule has 2 aromatic heterocycles. The first-order valence-electron chi connectivity index (χ1n) is 11.4. The number of rotatable bonds is 4. The minimum absolute atomic E-state index is 0.160. The van der Waals surface area contributed by atoms with Gasteiger partial charge in [-0.15, -0.1) is 11.3 Å². The minimum Gasteiger partial charge on any atom is -0.326 e. The van der Waals surface area contributed by atoms with Crippen molar-refractivity contribution in [3.05, 3.63) is 88.1 Å². The average Bonchev–Trinajstić information content (AvgIpc) is 3.59. The van der Waals surface area contributed by atoms with Crippen LogP contribution >= 0.6 is 11.3 Å². The van der Waals surface area contributed by atoms with E-state index in [2.05, 4.69) is 10.9 Å². The Hall–Kier alpha value is -4.04. The number of likely N-dealkylation sites (tertiary alicyclic amines) is 1. The molecule has 2 aromatic carbocycles. The summed E-state index contributed by atoms with van der Waals surface area (Å²) in [7, 11) is 0. The van der Waals surface area contributed by atoms with Crippen molar-refractivity contribution in [1.29, 1.82) is 0 Å². The molecule has 176 valence electrons. The van der Waals surface area contributed by atoms with Crippen LogP contribution < -0.4 is 10.9 Å². The molecule has 1 unspecified atom stereocenters. The van der Waals surface area contributed by atoms with Crippen molar-refractivity contribution in [3.63, 3.8) is 0 Å². The standard InChI is InChI=1S/C27H24N4O3S/c1-17-10-12-18(13-11-17)22-16-20(19-6-2-3-7-21(19)28-22)25(32)29-30-26(33)23-8-4-14-31(23)27(34)24-9-5-15-35-24/h2-3,5-7,9-13,15-16,23H,4,8,14H2,1H3,(H,29,32)(H,30,33). The number of para-hydroxylation sites is 1. The van der Waals surface area contributed by atoms with Crippen LogP contribution in [0.4, 0.5) is 0 Å². The first kappa shape index (κ1) is 22.7. The maximum Gasteiger partial charge on any atom is 0.270 e. The molecular weight excluding hydrogens is 460 g/mol. The molecule has 0 aliphatic carbocycles. The van der Waals surface area contributed by atoms with Gasteiger partial charge in [-0.1, -0.05) is 54.1 Å². The van der Waals surface area contributed by atoms with Crippen molar-refractivity contribution in [3.8, 4) is 11.3 Å². The van der Waals surface area contributed by atoms with Crippen molar-refractivity contribution < 1.29 is 14.4 Å². The van der Waals surface area contributed by atoms with E-state index in [0.717, 1.165) is 17.5 Å². The lowest BCUT2D eigenvalue weighted by atomic mass is 10.0. The van der Waals surface area contributed by atoms with E-state index < -0.39 is 17.9 Å². The number of benzene rings is 2. The van der Waals surface area contributed by atoms with Gasteiger partial charge in [0, 0.05) is 17.5 Å². The average molecular weight is 485 g/mol. The van der Waals surface area contributed by atoms with Crippen LogP contribution in [0.2, 0.25) is 0 Å². The number of hydrazine groups is 1. The Morgan fingerprint density at radius 1 is 1.00 bits per heavy atom. The fourth-order valence-corrected chi connectivity index (χ4v) is 5.01. The fraction of sp³-hybridized carbons (Fsp3) is 0.185. The van der Waals surface area contributed by atoms with Crippen LogP contribution in [0.3, 0.4) is 0 Å². The Bertz CT molecular complexity index is 1400. The molecule has 4 aromatic rings. The Morgan fingerprint density at radius 3 is 2.57 bits per heavy atom. The molecule has 1 aliphatic heterocycles. The molecular formula is C27H24N4O3S. The maximum absolute atomic E-state index is 13.2. The molecule has 1 fully saturated rings. The van der Waals surface area contributed by atoms with Gasteiger partial charge in [0.25, 0.3) is 17.7 Å². The lowest BCUT2D eigenvalue weighted by Crippen LogP contribution is -2.51. The maximum atomic E-state index is 13.2. The Labute approximate surface area is 206 Å². The minimum atomic E-state index is -0.623. The second-order valence-electron chi connectivity index (χ2n) is 8.52. The predicted molar refractivity (Wildman–Crippen MR) is 136 cm³/mol. The highest BCUT2D eigenvalue weighted by Gasteiger charge is 2.35. The SMILES string of the molecule is Cc1ccc(-c2cc(C(=O)NNC(=O)C3CCCN3C(=O)c3cccs3)c3ccccc3n2)cc1. The molecule has 0 saturated carbocycles. The van der Waals surface area contributed by atoms with Crippen LogP contribution in [0.25, 0.3) is 22.2 Å². The van der Waals surface area contributed by atoms with Crippen molar-refractivity contribution in [1.82, 2.24) is 20.7 Å². The monoisotopic (exact) mass is 484 g/mol. The predicted octanol–water partition coefficient (Wildman–Crippen LogP) is 4.34. The number of aryl methyl sites for hydroxylation is 1. The molecule has 8 heteroatoms. The van der Waals surface area contributed by atoms with Crippen molar-refractivity contribution >= 4 is 40.0 Å². The van der Waals surface area contributed by atoms with Gasteiger partial charge in [0.05, 0.1) is 21.7 Å². The fourth-order valence-electron chi connectivity index (χ4n) is 4.33. The number of fused-ring (bicyclic) bond motifs is 1. The number of amides is 3. The van der Waals surface area contributed by atoms with Gasteiger partial charge in [-0.2, -0.15) is 0 Å². The van der Waals surface area contributed by atoms with Gasteiger partial charge in [0.15, 0.2) is 0 Å². The quantitative estimate of drug-likeness (QED) is 0.422. The van der Waals surface area contributed by atoms with Gasteiger partial charge in [-0.25, -0.2) is 4.98 Å². The van der Waals surface area contributed by atoms with Crippen molar-refractivity contribution in [2.45, 2.75) is 25.8 Å². The lowest BCUT2D eigenvalue weighted by molar-refractivity contribution is -0.125. The molecule has 0 radical (unpaired) electrons. The first-order valence-corrected chi connectivity index (χ1v) is 12.3. The summed E-state index contributed by atoms with van der Waals surface area (Å²) in [5.41, 5.74) is 8.88. The summed E-state index contributed by atoms with van der Waals surface area (Å²) >= 11 is 1.35. The zero-order chi connectivity index (χ0) is 24.4. The number of carbonyl (C=O) groups excluding carboxylic acids is 3. The molecule has 35 heavy (non-hydrogen) atoms. The van der Waals surface area contributed by atoms with Crippen LogP contribution in [0, 0.1) is 6.92 Å². The summed E-state index contributed by atoms with van der Waals surface area (Å²) in [4.78, 5) is 45.8. The second-order valence-corrected chi connectivity index (χ2v) is 9.46. The van der Waals surface area contributed by atoms with Gasteiger partial charge in [-0.05, 0) is 43.3 Å². The summed E-state index contributed by atoms with van der Waals surface area (Å²) in [6, 6.07) is 20.0. The number of hydrogen-bond donors (Lipinski definition) is 2. The van der Waals surface area contributed by atoms with Gasteiger partial charge >= 0.3 is 0 Å². The number of nitrogens with one attached hydrogen (secondary N) is 2. The van der Waals surface area contributed by atoms with Crippen molar-refractivity contribution in [2.75, 3.05) is 6.54 Å². The number of hydrogen-bond acceptors (Lipinski definition) is 5. The third kappa shape index (κ3) is 4.65. The third-order valence-corrected chi connectivity index (χ3v) is 7.01. The molecule has 0 bridgehead atoms. The molecule has 1 aliphatic rings. The molecule has 0 spiro atoms. The molecule has 1 saturated heterocycles. The van der Waals surface area contributed by atoms with Crippen LogP contribution in [0.5, 0.6) is 0 Å². The highest BCUT2D eigenvalue weighted by atomic mass is 32.1. The van der Waals surface area contributed by atoms with Gasteiger partial charge in [0.2, 0.25) is 0 Å². The summed E-state index contributed by atoms with van der Waals surface area (Å²) in [6.45, 7) is 2.52. The topological polar surface area (TPSA) is 91.4 Å². The van der Waals surface area contributed by atoms with Crippen LogP contribution in [0.15, 0.2) is 72.1 Å². The molecule has 5 rings (SSSR count). The summed E-state index contributed by atoms with van der Waals surface area (Å²) < 4.78 is 0. The van der Waals surface area contributed by atoms with E-state index in [1.165, 1.54) is 11.3 Å². The summed E-state index contributed by atoms with van der Waals surface area (Å²) in [5.74, 6) is -1.01. The van der Waals surface area contributed by atoms with Gasteiger partial charge < -0.3 is 4.90 Å². The second kappa shape index (κ2) is 9.68. The van der Waals surface area contributed by atoms with E-state index in [1.807, 2.05) is 66.9 Å². The molecule has 2 N–H and O–H groups in total. The number of pyridine rings is 1. The molecule has 3 amide bonds. The molecule has 1 atom stereocenters. The number of carbonyl (C=O) groups is 3. The lowest BCUT2D eigenvalue weighted by Gasteiger charge is -2.23. The highest BCUT2D eigenvalue weighted by Crippen LogP contribution is 2.26. The number of aromatic nitrogens is 1. The van der Waals surface area contributed by atoms with E-state index >= 15 is 0 Å². The van der Waals surface area contributed by atoms with Crippen molar-refractivity contribution in [2.24, 2.45) is 0 Å². The van der Waals surface area contributed by atoms with E-state index in [4.69, 9.17) is 4.98 Å². The third-order valence-electron chi connectivity index (χ3n) is 6.16. The summed E-state index contributed by atoms with van der Waals surface area (Å²) in [5, 5.41) is 2.52. The number of nitrogens with zero attached hydrogens (tertiary/aromatic N) is 2. The largest absolute Gasteiger partial charge is 0.326 e. The number of thiophene rings is 1. The Morgan fingerprint density at radius 2 is 1.80 bits per heavy atom.